The van der Waals surface area contributed by atoms with Crippen LogP contribution in [0.25, 0.3) is 0 Å². The van der Waals surface area contributed by atoms with Crippen molar-refractivity contribution in [2.24, 2.45) is 0 Å². The molecule has 5 nitrogen and oxygen atoms in total. The molecular formula is C17H19FN2O3S2. The highest BCUT2D eigenvalue weighted by atomic mass is 32.2. The van der Waals surface area contributed by atoms with Gasteiger partial charge in [-0.2, -0.15) is 0 Å². The van der Waals surface area contributed by atoms with Crippen LogP contribution in [0.5, 0.6) is 0 Å². The Hall–Kier alpha value is -1.90. The number of benzene rings is 2. The van der Waals surface area contributed by atoms with E-state index in [4.69, 9.17) is 0 Å². The number of sulfonamides is 1. The summed E-state index contributed by atoms with van der Waals surface area (Å²) >= 11 is 1.29. The lowest BCUT2D eigenvalue weighted by Gasteiger charge is -2.14. The molecule has 0 bridgehead atoms. The van der Waals surface area contributed by atoms with Crippen molar-refractivity contribution in [3.8, 4) is 0 Å². The first kappa shape index (κ1) is 19.4. The molecule has 1 atom stereocenters. The van der Waals surface area contributed by atoms with Crippen LogP contribution in [-0.4, -0.2) is 38.0 Å². The predicted molar refractivity (Wildman–Crippen MR) is 97.7 cm³/mol. The van der Waals surface area contributed by atoms with E-state index >= 15 is 0 Å². The molecule has 8 heteroatoms. The maximum Gasteiger partial charge on any atom is 0.242 e. The molecular weight excluding hydrogens is 363 g/mol. The fourth-order valence-electron chi connectivity index (χ4n) is 1.96. The first-order valence-corrected chi connectivity index (χ1v) is 9.78. The highest BCUT2D eigenvalue weighted by Crippen LogP contribution is 2.25. The highest BCUT2D eigenvalue weighted by Gasteiger charge is 2.19. The average Bonchev–Trinajstić information content (AvgIpc) is 2.57. The van der Waals surface area contributed by atoms with E-state index in [1.807, 2.05) is 0 Å². The van der Waals surface area contributed by atoms with E-state index in [1.165, 1.54) is 50.1 Å². The van der Waals surface area contributed by atoms with Crippen LogP contribution in [0.3, 0.4) is 0 Å². The normalized spacial score (nSPS) is 12.8. The van der Waals surface area contributed by atoms with Crippen LogP contribution < -0.4 is 5.32 Å². The van der Waals surface area contributed by atoms with E-state index in [9.17, 15) is 17.6 Å². The molecule has 134 valence electrons. The van der Waals surface area contributed by atoms with E-state index in [0.717, 1.165) is 9.20 Å². The van der Waals surface area contributed by atoms with Crippen molar-refractivity contribution >= 4 is 33.4 Å². The lowest BCUT2D eigenvalue weighted by atomic mass is 10.3. The van der Waals surface area contributed by atoms with Gasteiger partial charge in [0.25, 0.3) is 0 Å². The number of halogens is 1. The Morgan fingerprint density at radius 1 is 1.16 bits per heavy atom. The second-order valence-electron chi connectivity index (χ2n) is 5.52. The first-order chi connectivity index (χ1) is 11.7. The zero-order valence-corrected chi connectivity index (χ0v) is 15.7. The molecule has 2 aromatic rings. The molecule has 1 amide bonds. The van der Waals surface area contributed by atoms with E-state index < -0.39 is 15.3 Å². The number of hydrogen-bond donors (Lipinski definition) is 1. The van der Waals surface area contributed by atoms with Crippen LogP contribution >= 0.6 is 11.8 Å². The number of hydrogen-bond acceptors (Lipinski definition) is 4. The third kappa shape index (κ3) is 5.04. The second-order valence-corrected chi connectivity index (χ2v) is 9.08. The Bertz CT molecular complexity index is 852. The zero-order valence-electron chi connectivity index (χ0n) is 14.1. The summed E-state index contributed by atoms with van der Waals surface area (Å²) in [6.07, 6.45) is 0. The van der Waals surface area contributed by atoms with E-state index in [2.05, 4.69) is 5.32 Å². The van der Waals surface area contributed by atoms with Crippen molar-refractivity contribution in [3.05, 3.63) is 54.3 Å². The molecule has 0 spiro atoms. The van der Waals surface area contributed by atoms with Gasteiger partial charge in [-0.3, -0.25) is 4.79 Å². The fourth-order valence-corrected chi connectivity index (χ4v) is 3.78. The van der Waals surface area contributed by atoms with Gasteiger partial charge in [-0.1, -0.05) is 6.07 Å². The topological polar surface area (TPSA) is 66.5 Å². The zero-order chi connectivity index (χ0) is 18.6. The molecule has 0 unspecified atom stereocenters. The van der Waals surface area contributed by atoms with Gasteiger partial charge < -0.3 is 5.32 Å². The molecule has 0 aromatic heterocycles. The number of nitrogens with zero attached hydrogens (tertiary/aromatic N) is 1. The summed E-state index contributed by atoms with van der Waals surface area (Å²) < 4.78 is 38.3. The number of carbonyl (C=O) groups excluding carboxylic acids is 1. The summed E-state index contributed by atoms with van der Waals surface area (Å²) in [6.45, 7) is 1.73. The van der Waals surface area contributed by atoms with Gasteiger partial charge in [0.1, 0.15) is 5.82 Å². The van der Waals surface area contributed by atoms with Gasteiger partial charge in [-0.15, -0.1) is 11.8 Å². The summed E-state index contributed by atoms with van der Waals surface area (Å²) in [6, 6.07) is 12.0. The quantitative estimate of drug-likeness (QED) is 0.779. The maximum atomic E-state index is 12.9. The Morgan fingerprint density at radius 2 is 1.80 bits per heavy atom. The van der Waals surface area contributed by atoms with Gasteiger partial charge >= 0.3 is 0 Å². The third-order valence-electron chi connectivity index (χ3n) is 3.38. The van der Waals surface area contributed by atoms with Gasteiger partial charge in [0.2, 0.25) is 15.9 Å². The molecule has 0 aliphatic heterocycles. The van der Waals surface area contributed by atoms with Crippen molar-refractivity contribution in [2.45, 2.75) is 22.0 Å². The average molecular weight is 382 g/mol. The van der Waals surface area contributed by atoms with E-state index in [-0.39, 0.29) is 16.6 Å². The molecule has 0 fully saturated rings. The van der Waals surface area contributed by atoms with Crippen molar-refractivity contribution in [1.82, 2.24) is 4.31 Å². The molecule has 25 heavy (non-hydrogen) atoms. The first-order valence-electron chi connectivity index (χ1n) is 7.46. The number of amides is 1. The van der Waals surface area contributed by atoms with E-state index in [1.54, 1.807) is 31.2 Å². The Kier molecular flexibility index (Phi) is 6.21. The predicted octanol–water partition coefficient (Wildman–Crippen LogP) is 3.20. The number of rotatable bonds is 6. The SMILES string of the molecule is C[C@@H](Sc1ccc(F)cc1)C(=O)Nc1cccc(S(=O)(=O)N(C)C)c1. The van der Waals surface area contributed by atoms with Gasteiger partial charge in [0.15, 0.2) is 0 Å². The van der Waals surface area contributed by atoms with Crippen molar-refractivity contribution in [1.29, 1.82) is 0 Å². The standard InChI is InChI=1S/C17H19FN2O3S2/c1-12(24-15-9-7-13(18)8-10-15)17(21)19-14-5-4-6-16(11-14)25(22,23)20(2)3/h4-12H,1-3H3,(H,19,21)/t12-/m1/s1. The summed E-state index contributed by atoms with van der Waals surface area (Å²) in [5, 5.41) is 2.28. The lowest BCUT2D eigenvalue weighted by molar-refractivity contribution is -0.115. The van der Waals surface area contributed by atoms with Gasteiger partial charge in [-0.25, -0.2) is 17.1 Å². The molecule has 0 radical (unpaired) electrons. The summed E-state index contributed by atoms with van der Waals surface area (Å²) in [5.74, 6) is -0.603. The maximum absolute atomic E-state index is 12.9. The second kappa shape index (κ2) is 7.99. The summed E-state index contributed by atoms with van der Waals surface area (Å²) in [4.78, 5) is 13.2. The minimum atomic E-state index is -3.57. The summed E-state index contributed by atoms with van der Waals surface area (Å²) in [7, 11) is -0.674. The molecule has 0 saturated heterocycles. The third-order valence-corrected chi connectivity index (χ3v) is 6.30. The molecule has 0 heterocycles. The molecule has 2 aromatic carbocycles. The number of carbonyl (C=O) groups is 1. The fraction of sp³-hybridized carbons (Fsp3) is 0.235. The largest absolute Gasteiger partial charge is 0.325 e. The minimum absolute atomic E-state index is 0.106. The lowest BCUT2D eigenvalue weighted by Crippen LogP contribution is -2.24. The molecule has 0 aliphatic rings. The summed E-state index contributed by atoms with van der Waals surface area (Å²) in [5.41, 5.74) is 0.402. The number of anilines is 1. The smallest absolute Gasteiger partial charge is 0.242 e. The van der Waals surface area contributed by atoms with Crippen LogP contribution in [0, 0.1) is 5.82 Å². The molecule has 0 saturated carbocycles. The van der Waals surface area contributed by atoms with Crippen molar-refractivity contribution < 1.29 is 17.6 Å². The van der Waals surface area contributed by atoms with Gasteiger partial charge in [0, 0.05) is 24.7 Å². The Labute approximate surface area is 151 Å². The molecule has 0 aliphatic carbocycles. The van der Waals surface area contributed by atoms with Gasteiger partial charge in [0.05, 0.1) is 10.1 Å². The molecule has 1 N–H and O–H groups in total. The minimum Gasteiger partial charge on any atom is -0.325 e. The van der Waals surface area contributed by atoms with Crippen LogP contribution in [0.15, 0.2) is 58.3 Å². The van der Waals surface area contributed by atoms with Crippen molar-refractivity contribution in [3.63, 3.8) is 0 Å². The van der Waals surface area contributed by atoms with E-state index in [0.29, 0.717) is 5.69 Å². The van der Waals surface area contributed by atoms with Crippen LogP contribution in [0.2, 0.25) is 0 Å². The Balaban J connectivity index is 2.08. The Morgan fingerprint density at radius 3 is 2.40 bits per heavy atom. The molecule has 2 rings (SSSR count). The van der Waals surface area contributed by atoms with Crippen LogP contribution in [-0.2, 0) is 14.8 Å². The monoisotopic (exact) mass is 382 g/mol. The number of thioether (sulfide) groups is 1. The highest BCUT2D eigenvalue weighted by molar-refractivity contribution is 8.00. The van der Waals surface area contributed by atoms with Gasteiger partial charge in [-0.05, 0) is 49.4 Å². The number of nitrogens with one attached hydrogen (secondary N) is 1. The van der Waals surface area contributed by atoms with Crippen LogP contribution in [0.1, 0.15) is 6.92 Å². The van der Waals surface area contributed by atoms with Crippen molar-refractivity contribution in [2.75, 3.05) is 19.4 Å². The van der Waals surface area contributed by atoms with Crippen LogP contribution in [0.4, 0.5) is 10.1 Å².